The van der Waals surface area contributed by atoms with Gasteiger partial charge in [-0.1, -0.05) is 0 Å². The molecule has 144 valence electrons. The van der Waals surface area contributed by atoms with Crippen LogP contribution in [-0.2, 0) is 12.8 Å². The van der Waals surface area contributed by atoms with E-state index >= 15 is 0 Å². The molecule has 1 aromatic carbocycles. The topological polar surface area (TPSA) is 38.3 Å². The lowest BCUT2D eigenvalue weighted by molar-refractivity contribution is 0.230. The third kappa shape index (κ3) is 4.14. The molecule has 2 aliphatic rings. The number of nitrogens with zero attached hydrogens (tertiary/aromatic N) is 3. The van der Waals surface area contributed by atoms with Crippen LogP contribution in [0.15, 0.2) is 29.3 Å². The Morgan fingerprint density at radius 2 is 1.93 bits per heavy atom. The number of rotatable bonds is 7. The van der Waals surface area contributed by atoms with Gasteiger partial charge < -0.3 is 9.64 Å². The summed E-state index contributed by atoms with van der Waals surface area (Å²) in [6, 6.07) is 9.13. The van der Waals surface area contributed by atoms with Gasteiger partial charge in [-0.15, -0.1) is 22.0 Å². The first-order valence-electron chi connectivity index (χ1n) is 10.2. The van der Waals surface area contributed by atoms with Crippen molar-refractivity contribution in [1.29, 1.82) is 0 Å². The lowest BCUT2D eigenvalue weighted by Gasteiger charge is -2.20. The lowest BCUT2D eigenvalue weighted by Crippen LogP contribution is -2.28. The van der Waals surface area contributed by atoms with Gasteiger partial charge in [0, 0.05) is 18.2 Å². The Labute approximate surface area is 166 Å². The van der Waals surface area contributed by atoms with E-state index in [2.05, 4.69) is 52.5 Å². The predicted octanol–water partition coefficient (Wildman–Crippen LogP) is 4.61. The standard InChI is InChI=1S/C22H29N3OS/c1-16-6-4-13-25(16)14-5-15-26-18-11-9-17(10-12-18)21-19-7-3-8-20(19)22(27-2)24-23-21/h9-12,16H,3-8,13-15H2,1-2H3. The Hall–Kier alpha value is -1.59. The summed E-state index contributed by atoms with van der Waals surface area (Å²) in [5.74, 6) is 0.943. The van der Waals surface area contributed by atoms with Crippen LogP contribution >= 0.6 is 11.8 Å². The van der Waals surface area contributed by atoms with Crippen LogP contribution in [0, 0.1) is 0 Å². The molecule has 5 heteroatoms. The fourth-order valence-electron chi connectivity index (χ4n) is 4.34. The maximum Gasteiger partial charge on any atom is 0.122 e. The highest BCUT2D eigenvalue weighted by Crippen LogP contribution is 2.35. The Bertz CT molecular complexity index is 778. The maximum atomic E-state index is 5.96. The van der Waals surface area contributed by atoms with Gasteiger partial charge in [0.2, 0.25) is 0 Å². The van der Waals surface area contributed by atoms with Crippen LogP contribution in [0.2, 0.25) is 0 Å². The molecule has 1 aromatic heterocycles. The van der Waals surface area contributed by atoms with Gasteiger partial charge in [0.05, 0.1) is 12.3 Å². The Balaban J connectivity index is 1.36. The second-order valence-corrected chi connectivity index (χ2v) is 8.42. The molecule has 0 radical (unpaired) electrons. The molecule has 0 spiro atoms. The molecule has 0 bridgehead atoms. The van der Waals surface area contributed by atoms with Crippen LogP contribution in [0.3, 0.4) is 0 Å². The SMILES string of the molecule is CSc1nnc(-c2ccc(OCCCN3CCCC3C)cc2)c2c1CCC2. The highest BCUT2D eigenvalue weighted by atomic mass is 32.2. The number of benzene rings is 1. The monoisotopic (exact) mass is 383 g/mol. The molecule has 27 heavy (non-hydrogen) atoms. The zero-order valence-electron chi connectivity index (χ0n) is 16.4. The number of thioether (sulfide) groups is 1. The van der Waals surface area contributed by atoms with Crippen LogP contribution in [0.5, 0.6) is 5.75 Å². The number of hydrogen-bond donors (Lipinski definition) is 0. The number of ether oxygens (including phenoxy) is 1. The molecule has 2 heterocycles. The zero-order chi connectivity index (χ0) is 18.6. The van der Waals surface area contributed by atoms with Crippen molar-refractivity contribution < 1.29 is 4.74 Å². The summed E-state index contributed by atoms with van der Waals surface area (Å²) in [7, 11) is 0. The molecule has 1 saturated heterocycles. The predicted molar refractivity (Wildman–Crippen MR) is 112 cm³/mol. The average Bonchev–Trinajstić information content (AvgIpc) is 3.34. The van der Waals surface area contributed by atoms with Crippen LogP contribution in [0.4, 0.5) is 0 Å². The lowest BCUT2D eigenvalue weighted by atomic mass is 10.0. The van der Waals surface area contributed by atoms with Gasteiger partial charge in [-0.3, -0.25) is 0 Å². The first-order valence-corrected chi connectivity index (χ1v) is 11.4. The summed E-state index contributed by atoms with van der Waals surface area (Å²) in [6.07, 6.45) is 9.30. The van der Waals surface area contributed by atoms with Crippen molar-refractivity contribution in [2.24, 2.45) is 0 Å². The van der Waals surface area contributed by atoms with Crippen molar-refractivity contribution >= 4 is 11.8 Å². The van der Waals surface area contributed by atoms with Crippen LogP contribution < -0.4 is 4.74 Å². The van der Waals surface area contributed by atoms with Crippen molar-refractivity contribution in [3.8, 4) is 17.0 Å². The maximum absolute atomic E-state index is 5.96. The highest BCUT2D eigenvalue weighted by molar-refractivity contribution is 7.98. The zero-order valence-corrected chi connectivity index (χ0v) is 17.2. The molecule has 4 nitrogen and oxygen atoms in total. The minimum absolute atomic E-state index is 0.740. The first-order chi connectivity index (χ1) is 13.3. The summed E-state index contributed by atoms with van der Waals surface area (Å²) < 4.78 is 5.96. The molecule has 1 atom stereocenters. The number of hydrogen-bond acceptors (Lipinski definition) is 5. The molecule has 0 saturated carbocycles. The smallest absolute Gasteiger partial charge is 0.122 e. The second kappa shape index (κ2) is 8.61. The molecule has 0 amide bonds. The third-order valence-corrected chi connectivity index (χ3v) is 6.59. The van der Waals surface area contributed by atoms with E-state index in [0.717, 1.165) is 60.5 Å². The molecule has 0 N–H and O–H groups in total. The number of likely N-dealkylation sites (tertiary alicyclic amines) is 1. The van der Waals surface area contributed by atoms with E-state index in [1.165, 1.54) is 36.9 Å². The molecule has 1 unspecified atom stereocenters. The molecule has 1 fully saturated rings. The molecule has 1 aliphatic heterocycles. The summed E-state index contributed by atoms with van der Waals surface area (Å²) >= 11 is 1.70. The molecule has 4 rings (SSSR count). The van der Waals surface area contributed by atoms with Gasteiger partial charge in [0.25, 0.3) is 0 Å². The largest absolute Gasteiger partial charge is 0.494 e. The van der Waals surface area contributed by atoms with Crippen molar-refractivity contribution in [3.63, 3.8) is 0 Å². The van der Waals surface area contributed by atoms with Crippen molar-refractivity contribution in [2.75, 3.05) is 26.0 Å². The van der Waals surface area contributed by atoms with Crippen LogP contribution in [0.25, 0.3) is 11.3 Å². The second-order valence-electron chi connectivity index (χ2n) is 7.62. The fraction of sp³-hybridized carbons (Fsp3) is 0.545. The van der Waals surface area contributed by atoms with Gasteiger partial charge in [-0.25, -0.2) is 0 Å². The third-order valence-electron chi connectivity index (χ3n) is 5.87. The fourth-order valence-corrected chi connectivity index (χ4v) is 4.94. The van der Waals surface area contributed by atoms with E-state index in [4.69, 9.17) is 4.74 Å². The Morgan fingerprint density at radius 1 is 1.11 bits per heavy atom. The van der Waals surface area contributed by atoms with Crippen LogP contribution in [0.1, 0.15) is 43.7 Å². The molecule has 1 aliphatic carbocycles. The van der Waals surface area contributed by atoms with E-state index in [9.17, 15) is 0 Å². The quantitative estimate of drug-likeness (QED) is 0.516. The van der Waals surface area contributed by atoms with Crippen molar-refractivity contribution in [2.45, 2.75) is 56.5 Å². The summed E-state index contributed by atoms with van der Waals surface area (Å²) in [4.78, 5) is 2.57. The van der Waals surface area contributed by atoms with E-state index in [1.54, 1.807) is 11.8 Å². The van der Waals surface area contributed by atoms with E-state index in [1.807, 2.05) is 0 Å². The summed E-state index contributed by atoms with van der Waals surface area (Å²) in [6.45, 7) is 5.50. The van der Waals surface area contributed by atoms with Gasteiger partial charge in [0.1, 0.15) is 10.8 Å². The van der Waals surface area contributed by atoms with Crippen molar-refractivity contribution in [1.82, 2.24) is 15.1 Å². The first kappa shape index (κ1) is 18.8. The summed E-state index contributed by atoms with van der Waals surface area (Å²) in [5.41, 5.74) is 4.99. The molecular weight excluding hydrogens is 354 g/mol. The minimum atomic E-state index is 0.740. The highest BCUT2D eigenvalue weighted by Gasteiger charge is 2.22. The van der Waals surface area contributed by atoms with Crippen LogP contribution in [-0.4, -0.2) is 47.1 Å². The van der Waals surface area contributed by atoms with E-state index < -0.39 is 0 Å². The minimum Gasteiger partial charge on any atom is -0.494 e. The van der Waals surface area contributed by atoms with Gasteiger partial charge in [-0.2, -0.15) is 0 Å². The number of aromatic nitrogens is 2. The summed E-state index contributed by atoms with van der Waals surface area (Å²) in [5, 5.41) is 10.1. The van der Waals surface area contributed by atoms with Gasteiger partial charge in [-0.05, 0) is 93.6 Å². The van der Waals surface area contributed by atoms with Crippen molar-refractivity contribution in [3.05, 3.63) is 35.4 Å². The van der Waals surface area contributed by atoms with E-state index in [0.29, 0.717) is 0 Å². The van der Waals surface area contributed by atoms with E-state index in [-0.39, 0.29) is 0 Å². The number of fused-ring (bicyclic) bond motifs is 1. The normalized spacial score (nSPS) is 19.4. The van der Waals surface area contributed by atoms with Gasteiger partial charge in [0.15, 0.2) is 0 Å². The van der Waals surface area contributed by atoms with Gasteiger partial charge >= 0.3 is 0 Å². The molecule has 2 aromatic rings. The molecular formula is C22H29N3OS. The average molecular weight is 384 g/mol. The Morgan fingerprint density at radius 3 is 2.67 bits per heavy atom. The Kier molecular flexibility index (Phi) is 5.98.